The maximum atomic E-state index is 11.8. The smallest absolute Gasteiger partial charge is 0.323 e. The first-order valence-corrected chi connectivity index (χ1v) is 4.94. The molecule has 0 heterocycles. The summed E-state index contributed by atoms with van der Waals surface area (Å²) in [4.78, 5) is 34.0. The highest BCUT2D eigenvalue weighted by atomic mass is 16.5. The third-order valence-corrected chi connectivity index (χ3v) is 1.93. The quantitative estimate of drug-likeness (QED) is 0.511. The lowest BCUT2D eigenvalue weighted by Gasteiger charge is -2.23. The number of urea groups is 1. The fraction of sp³-hybridized carbons (Fsp3) is 0.667. The molecule has 0 aromatic rings. The molecule has 0 saturated carbocycles. The van der Waals surface area contributed by atoms with Gasteiger partial charge in [-0.3, -0.25) is 9.59 Å². The van der Waals surface area contributed by atoms with Crippen LogP contribution in [0.3, 0.4) is 0 Å². The first kappa shape index (κ1) is 15.2. The fourth-order valence-electron chi connectivity index (χ4n) is 1.18. The van der Waals surface area contributed by atoms with Gasteiger partial charge in [0.2, 0.25) is 5.91 Å². The molecule has 0 fully saturated rings. The topological polar surface area (TPSA) is 122 Å². The van der Waals surface area contributed by atoms with Crippen LogP contribution in [0, 0.1) is 0 Å². The molecule has 0 saturated heterocycles. The van der Waals surface area contributed by atoms with Crippen LogP contribution in [0.15, 0.2) is 0 Å². The maximum Gasteiger partial charge on any atom is 0.323 e. The lowest BCUT2D eigenvalue weighted by atomic mass is 10.3. The average molecular weight is 247 g/mol. The summed E-state index contributed by atoms with van der Waals surface area (Å²) in [6, 6.07) is -1.71. The minimum atomic E-state index is -1.14. The number of carboxylic acids is 1. The number of nitrogens with two attached hydrogens (primary N) is 1. The van der Waals surface area contributed by atoms with Gasteiger partial charge < -0.3 is 25.8 Å². The van der Waals surface area contributed by atoms with Crippen LogP contribution in [0.25, 0.3) is 0 Å². The molecule has 0 radical (unpaired) electrons. The number of hydrogen-bond acceptors (Lipinski definition) is 4. The van der Waals surface area contributed by atoms with Crippen molar-refractivity contribution >= 4 is 17.9 Å². The zero-order valence-electron chi connectivity index (χ0n) is 9.80. The van der Waals surface area contributed by atoms with Crippen LogP contribution in [0.1, 0.15) is 6.92 Å². The molecule has 0 spiro atoms. The number of carbonyl (C=O) groups excluding carboxylic acids is 2. The van der Waals surface area contributed by atoms with Crippen molar-refractivity contribution in [2.45, 2.75) is 13.0 Å². The van der Waals surface area contributed by atoms with Crippen LogP contribution in [-0.4, -0.2) is 60.8 Å². The zero-order chi connectivity index (χ0) is 13.4. The van der Waals surface area contributed by atoms with Crippen molar-refractivity contribution in [2.24, 2.45) is 5.73 Å². The lowest BCUT2D eigenvalue weighted by molar-refractivity contribution is -0.145. The van der Waals surface area contributed by atoms with Crippen LogP contribution >= 0.6 is 0 Å². The van der Waals surface area contributed by atoms with E-state index < -0.39 is 30.5 Å². The van der Waals surface area contributed by atoms with E-state index >= 15 is 0 Å². The van der Waals surface area contributed by atoms with Crippen LogP contribution in [0.4, 0.5) is 4.79 Å². The predicted molar refractivity (Wildman–Crippen MR) is 58.3 cm³/mol. The van der Waals surface area contributed by atoms with E-state index in [-0.39, 0.29) is 13.2 Å². The van der Waals surface area contributed by atoms with Gasteiger partial charge in [0.15, 0.2) is 0 Å². The van der Waals surface area contributed by atoms with Gasteiger partial charge in [-0.2, -0.15) is 0 Å². The lowest BCUT2D eigenvalue weighted by Crippen LogP contribution is -2.50. The Bertz CT molecular complexity index is 294. The van der Waals surface area contributed by atoms with E-state index in [0.717, 1.165) is 4.90 Å². The van der Waals surface area contributed by atoms with Crippen LogP contribution in [-0.2, 0) is 14.3 Å². The first-order valence-electron chi connectivity index (χ1n) is 4.94. The second-order valence-corrected chi connectivity index (χ2v) is 3.38. The Balaban J connectivity index is 4.49. The van der Waals surface area contributed by atoms with Gasteiger partial charge in [0.1, 0.15) is 12.6 Å². The van der Waals surface area contributed by atoms with Crippen molar-refractivity contribution in [1.29, 1.82) is 0 Å². The van der Waals surface area contributed by atoms with Gasteiger partial charge in [0.25, 0.3) is 0 Å². The van der Waals surface area contributed by atoms with Gasteiger partial charge >= 0.3 is 12.0 Å². The van der Waals surface area contributed by atoms with Crippen LogP contribution in [0.2, 0.25) is 0 Å². The highest BCUT2D eigenvalue weighted by Gasteiger charge is 2.22. The summed E-state index contributed by atoms with van der Waals surface area (Å²) >= 11 is 0. The number of carboxylic acid groups (broad SMARTS) is 1. The summed E-state index contributed by atoms with van der Waals surface area (Å²) in [5.41, 5.74) is 4.87. The molecule has 1 unspecified atom stereocenters. The van der Waals surface area contributed by atoms with Crippen molar-refractivity contribution in [3.8, 4) is 0 Å². The van der Waals surface area contributed by atoms with E-state index in [9.17, 15) is 14.4 Å². The van der Waals surface area contributed by atoms with Crippen molar-refractivity contribution < 1.29 is 24.2 Å². The third kappa shape index (κ3) is 6.36. The van der Waals surface area contributed by atoms with E-state index in [4.69, 9.17) is 15.6 Å². The van der Waals surface area contributed by atoms with Crippen LogP contribution in [0.5, 0.6) is 0 Å². The van der Waals surface area contributed by atoms with E-state index in [1.165, 1.54) is 14.0 Å². The Morgan fingerprint density at radius 2 is 2.06 bits per heavy atom. The minimum absolute atomic E-state index is 0.131. The molecule has 17 heavy (non-hydrogen) atoms. The van der Waals surface area contributed by atoms with Crippen molar-refractivity contribution in [2.75, 3.05) is 26.8 Å². The van der Waals surface area contributed by atoms with Gasteiger partial charge in [-0.1, -0.05) is 0 Å². The molecule has 8 heteroatoms. The van der Waals surface area contributed by atoms with Gasteiger partial charge in [-0.25, -0.2) is 4.79 Å². The molecule has 3 amide bonds. The van der Waals surface area contributed by atoms with Crippen molar-refractivity contribution in [1.82, 2.24) is 10.2 Å². The van der Waals surface area contributed by atoms with Gasteiger partial charge in [0, 0.05) is 13.7 Å². The number of rotatable bonds is 7. The number of amides is 3. The van der Waals surface area contributed by atoms with E-state index in [2.05, 4.69) is 5.32 Å². The third-order valence-electron chi connectivity index (χ3n) is 1.93. The summed E-state index contributed by atoms with van der Waals surface area (Å²) in [5.74, 6) is -1.66. The van der Waals surface area contributed by atoms with Gasteiger partial charge in [0.05, 0.1) is 6.61 Å². The normalized spacial score (nSPS) is 11.6. The van der Waals surface area contributed by atoms with Crippen LogP contribution < -0.4 is 11.1 Å². The molecular weight excluding hydrogens is 230 g/mol. The second kappa shape index (κ2) is 7.44. The molecule has 0 aromatic carbocycles. The Hall–Kier alpha value is -1.83. The summed E-state index contributed by atoms with van der Waals surface area (Å²) < 4.78 is 4.77. The first-order chi connectivity index (χ1) is 7.88. The Morgan fingerprint density at radius 3 is 2.47 bits per heavy atom. The van der Waals surface area contributed by atoms with Gasteiger partial charge in [-0.05, 0) is 6.92 Å². The molecular formula is C9H17N3O5. The number of ether oxygens (including phenoxy) is 1. The average Bonchev–Trinajstić information content (AvgIpc) is 2.21. The number of primary amides is 1. The molecule has 0 aromatic heterocycles. The molecule has 0 aliphatic rings. The Morgan fingerprint density at radius 1 is 1.47 bits per heavy atom. The standard InChI is InChI=1S/C9H17N3O5/c1-6(11-9(10)16)8(15)12(3-4-17-2)5-7(13)14/h6H,3-5H2,1-2H3,(H,13,14)(H3,10,11,16). The van der Waals surface area contributed by atoms with E-state index in [1.54, 1.807) is 0 Å². The Labute approximate surface area is 98.7 Å². The molecule has 8 nitrogen and oxygen atoms in total. The number of nitrogens with zero attached hydrogens (tertiary/aromatic N) is 1. The molecule has 1 atom stereocenters. The summed E-state index contributed by atoms with van der Waals surface area (Å²) in [6.45, 7) is 1.32. The molecule has 98 valence electrons. The van der Waals surface area contributed by atoms with Gasteiger partial charge in [-0.15, -0.1) is 0 Å². The molecule has 0 rings (SSSR count). The second-order valence-electron chi connectivity index (χ2n) is 3.38. The number of nitrogens with one attached hydrogen (secondary N) is 1. The molecule has 0 aliphatic heterocycles. The van der Waals surface area contributed by atoms with E-state index in [1.807, 2.05) is 0 Å². The number of carbonyl (C=O) groups is 3. The fourth-order valence-corrected chi connectivity index (χ4v) is 1.18. The molecule has 0 aliphatic carbocycles. The number of hydrogen-bond donors (Lipinski definition) is 3. The van der Waals surface area contributed by atoms with Crippen molar-refractivity contribution in [3.63, 3.8) is 0 Å². The number of aliphatic carboxylic acids is 1. The Kier molecular flexibility index (Phi) is 6.64. The predicted octanol–water partition coefficient (Wildman–Crippen LogP) is -1.40. The number of methoxy groups -OCH3 is 1. The summed E-state index contributed by atoms with van der Waals surface area (Å²) in [6.07, 6.45) is 0. The maximum absolute atomic E-state index is 11.8. The van der Waals surface area contributed by atoms with Crippen molar-refractivity contribution in [3.05, 3.63) is 0 Å². The van der Waals surface area contributed by atoms with E-state index in [0.29, 0.717) is 0 Å². The SMILES string of the molecule is COCCN(CC(=O)O)C(=O)C(C)NC(N)=O. The summed E-state index contributed by atoms with van der Waals surface area (Å²) in [7, 11) is 1.44. The zero-order valence-corrected chi connectivity index (χ0v) is 9.80. The monoisotopic (exact) mass is 247 g/mol. The highest BCUT2D eigenvalue weighted by molar-refractivity contribution is 5.88. The highest BCUT2D eigenvalue weighted by Crippen LogP contribution is 1.96. The summed E-state index contributed by atoms with van der Waals surface area (Å²) in [5, 5.41) is 10.8. The molecule has 0 bridgehead atoms. The largest absolute Gasteiger partial charge is 0.480 e. The molecule has 4 N–H and O–H groups in total. The minimum Gasteiger partial charge on any atom is -0.480 e.